The van der Waals surface area contributed by atoms with E-state index in [0.29, 0.717) is 10.9 Å². The predicted molar refractivity (Wildman–Crippen MR) is 64.7 cm³/mol. The van der Waals surface area contributed by atoms with Gasteiger partial charge < -0.3 is 0 Å². The number of sulfonamides is 1. The topological polar surface area (TPSA) is 54.5 Å². The Morgan fingerprint density at radius 2 is 2.25 bits per heavy atom. The smallest absolute Gasteiger partial charge is 0.274 e. The van der Waals surface area contributed by atoms with E-state index in [-0.39, 0.29) is 22.6 Å². The summed E-state index contributed by atoms with van der Waals surface area (Å²) < 4.78 is 26.0. The first kappa shape index (κ1) is 12.1. The standard InChI is InChI=1S/C9H10BrNO3S2/c1-6-4-8(12)11(5-6)16(13,14)9-7(10)2-3-15-9/h2-3,6H,4-5H2,1H3. The summed E-state index contributed by atoms with van der Waals surface area (Å²) in [5.74, 6) is -0.214. The van der Waals surface area contributed by atoms with Crippen molar-refractivity contribution in [3.8, 4) is 0 Å². The van der Waals surface area contributed by atoms with E-state index in [4.69, 9.17) is 0 Å². The summed E-state index contributed by atoms with van der Waals surface area (Å²) in [6, 6.07) is 1.67. The van der Waals surface area contributed by atoms with E-state index in [0.717, 1.165) is 15.6 Å². The molecule has 0 spiro atoms. The third-order valence-electron chi connectivity index (χ3n) is 2.39. The van der Waals surface area contributed by atoms with E-state index in [1.807, 2.05) is 6.92 Å². The molecule has 0 aliphatic carbocycles. The molecule has 1 aromatic heterocycles. The van der Waals surface area contributed by atoms with Crippen LogP contribution in [-0.2, 0) is 14.8 Å². The highest BCUT2D eigenvalue weighted by atomic mass is 79.9. The molecule has 1 aromatic rings. The van der Waals surface area contributed by atoms with Crippen LogP contribution in [0.5, 0.6) is 0 Å². The molecule has 88 valence electrons. The van der Waals surface area contributed by atoms with Gasteiger partial charge in [-0.25, -0.2) is 12.7 Å². The van der Waals surface area contributed by atoms with Crippen LogP contribution in [0.3, 0.4) is 0 Å². The lowest BCUT2D eigenvalue weighted by atomic mass is 10.2. The van der Waals surface area contributed by atoms with Crippen molar-refractivity contribution in [3.05, 3.63) is 15.9 Å². The summed E-state index contributed by atoms with van der Waals surface area (Å²) in [5, 5.41) is 1.68. The summed E-state index contributed by atoms with van der Waals surface area (Å²) in [6.07, 6.45) is 0.308. The first-order chi connectivity index (χ1) is 7.43. The summed E-state index contributed by atoms with van der Waals surface area (Å²) in [5.41, 5.74) is 0. The van der Waals surface area contributed by atoms with Crippen molar-refractivity contribution in [2.75, 3.05) is 6.54 Å². The molecule has 1 amide bonds. The Kier molecular flexibility index (Phi) is 3.11. The fourth-order valence-electron chi connectivity index (χ4n) is 1.65. The fraction of sp³-hybridized carbons (Fsp3) is 0.444. The maximum absolute atomic E-state index is 12.2. The van der Waals surface area contributed by atoms with Crippen molar-refractivity contribution in [1.29, 1.82) is 0 Å². The molecule has 0 saturated carbocycles. The van der Waals surface area contributed by atoms with Gasteiger partial charge in [0.25, 0.3) is 10.0 Å². The van der Waals surface area contributed by atoms with Gasteiger partial charge in [-0.2, -0.15) is 0 Å². The van der Waals surface area contributed by atoms with Crippen molar-refractivity contribution in [2.45, 2.75) is 17.6 Å². The van der Waals surface area contributed by atoms with Crippen molar-refractivity contribution in [2.24, 2.45) is 5.92 Å². The Morgan fingerprint density at radius 3 is 2.69 bits per heavy atom. The van der Waals surface area contributed by atoms with Crippen LogP contribution in [0.1, 0.15) is 13.3 Å². The van der Waals surface area contributed by atoms with Crippen LogP contribution in [0.2, 0.25) is 0 Å². The number of halogens is 1. The minimum absolute atomic E-state index is 0.0982. The molecule has 0 N–H and O–H groups in total. The number of carbonyl (C=O) groups excluding carboxylic acids is 1. The Morgan fingerprint density at radius 1 is 1.56 bits per heavy atom. The van der Waals surface area contributed by atoms with Crippen molar-refractivity contribution < 1.29 is 13.2 Å². The average Bonchev–Trinajstić information content (AvgIpc) is 2.72. The van der Waals surface area contributed by atoms with Gasteiger partial charge in [-0.05, 0) is 33.3 Å². The van der Waals surface area contributed by atoms with Gasteiger partial charge in [0.15, 0.2) is 4.21 Å². The zero-order valence-corrected chi connectivity index (χ0v) is 11.7. The van der Waals surface area contributed by atoms with E-state index in [1.54, 1.807) is 11.4 Å². The number of rotatable bonds is 2. The van der Waals surface area contributed by atoms with Gasteiger partial charge >= 0.3 is 0 Å². The molecule has 0 aromatic carbocycles. The van der Waals surface area contributed by atoms with Crippen LogP contribution in [0.15, 0.2) is 20.1 Å². The molecular weight excluding hydrogens is 314 g/mol. The molecule has 1 aliphatic rings. The van der Waals surface area contributed by atoms with E-state index in [9.17, 15) is 13.2 Å². The molecule has 2 rings (SSSR count). The van der Waals surface area contributed by atoms with Gasteiger partial charge in [-0.3, -0.25) is 4.79 Å². The minimum Gasteiger partial charge on any atom is -0.274 e. The van der Waals surface area contributed by atoms with Gasteiger partial charge in [0.1, 0.15) is 0 Å². The summed E-state index contributed by atoms with van der Waals surface area (Å²) in [4.78, 5) is 11.6. The lowest BCUT2D eigenvalue weighted by Crippen LogP contribution is -2.32. The van der Waals surface area contributed by atoms with Crippen molar-refractivity contribution in [1.82, 2.24) is 4.31 Å². The Labute approximate surface area is 106 Å². The largest absolute Gasteiger partial charge is 0.277 e. The number of hydrogen-bond acceptors (Lipinski definition) is 4. The third-order valence-corrected chi connectivity index (χ3v) is 6.82. The normalized spacial score (nSPS) is 21.8. The van der Waals surface area contributed by atoms with Crippen molar-refractivity contribution in [3.63, 3.8) is 0 Å². The molecule has 0 radical (unpaired) electrons. The Hall–Kier alpha value is -0.400. The molecule has 2 heterocycles. The second kappa shape index (κ2) is 4.12. The van der Waals surface area contributed by atoms with Crippen LogP contribution >= 0.6 is 27.3 Å². The lowest BCUT2D eigenvalue weighted by molar-refractivity contribution is -0.123. The van der Waals surface area contributed by atoms with E-state index in [2.05, 4.69) is 15.9 Å². The zero-order chi connectivity index (χ0) is 11.9. The highest BCUT2D eigenvalue weighted by molar-refractivity contribution is 9.10. The lowest BCUT2D eigenvalue weighted by Gasteiger charge is -2.15. The Balaban J connectivity index is 2.41. The second-order valence-electron chi connectivity index (χ2n) is 3.80. The highest BCUT2D eigenvalue weighted by Crippen LogP contribution is 2.33. The van der Waals surface area contributed by atoms with Gasteiger partial charge in [-0.15, -0.1) is 11.3 Å². The molecule has 1 atom stereocenters. The summed E-state index contributed by atoms with van der Waals surface area (Å²) in [6.45, 7) is 2.16. The Bertz CT molecular complexity index is 523. The number of nitrogens with zero attached hydrogens (tertiary/aromatic N) is 1. The first-order valence-electron chi connectivity index (χ1n) is 4.71. The average molecular weight is 324 g/mol. The van der Waals surface area contributed by atoms with Crippen LogP contribution in [0.25, 0.3) is 0 Å². The van der Waals surface area contributed by atoms with Crippen molar-refractivity contribution >= 4 is 43.2 Å². The first-order valence-corrected chi connectivity index (χ1v) is 7.82. The number of amides is 1. The van der Waals surface area contributed by atoms with Gasteiger partial charge in [0.2, 0.25) is 5.91 Å². The van der Waals surface area contributed by atoms with Gasteiger partial charge in [0.05, 0.1) is 0 Å². The van der Waals surface area contributed by atoms with Crippen LogP contribution in [-0.4, -0.2) is 25.2 Å². The molecule has 1 saturated heterocycles. The minimum atomic E-state index is -3.65. The SMILES string of the molecule is CC1CC(=O)N(S(=O)(=O)c2sccc2Br)C1. The molecular formula is C9H10BrNO3S2. The zero-order valence-electron chi connectivity index (χ0n) is 8.51. The van der Waals surface area contributed by atoms with E-state index < -0.39 is 10.0 Å². The molecule has 0 bridgehead atoms. The molecule has 1 aliphatic heterocycles. The van der Waals surface area contributed by atoms with Crippen LogP contribution < -0.4 is 0 Å². The molecule has 1 unspecified atom stereocenters. The highest BCUT2D eigenvalue weighted by Gasteiger charge is 2.37. The molecule has 1 fully saturated rings. The monoisotopic (exact) mass is 323 g/mol. The molecule has 4 nitrogen and oxygen atoms in total. The predicted octanol–water partition coefficient (Wildman–Crippen LogP) is 2.07. The quantitative estimate of drug-likeness (QED) is 0.837. The molecule has 16 heavy (non-hydrogen) atoms. The van der Waals surface area contributed by atoms with Crippen LogP contribution in [0, 0.1) is 5.92 Å². The fourth-order valence-corrected chi connectivity index (χ4v) is 5.59. The maximum Gasteiger partial charge on any atom is 0.277 e. The van der Waals surface area contributed by atoms with Crippen LogP contribution in [0.4, 0.5) is 0 Å². The van der Waals surface area contributed by atoms with Gasteiger partial charge in [-0.1, -0.05) is 6.92 Å². The second-order valence-corrected chi connectivity index (χ2v) is 7.62. The summed E-state index contributed by atoms with van der Waals surface area (Å²) >= 11 is 4.30. The third kappa shape index (κ3) is 1.91. The van der Waals surface area contributed by atoms with Gasteiger partial charge in [0, 0.05) is 17.4 Å². The van der Waals surface area contributed by atoms with E-state index in [1.165, 1.54) is 0 Å². The number of thiophene rings is 1. The van der Waals surface area contributed by atoms with E-state index >= 15 is 0 Å². The molecule has 7 heteroatoms. The number of hydrogen-bond donors (Lipinski definition) is 0. The number of carbonyl (C=O) groups is 1. The maximum atomic E-state index is 12.2. The summed E-state index contributed by atoms with van der Waals surface area (Å²) in [7, 11) is -3.65.